The van der Waals surface area contributed by atoms with Crippen molar-refractivity contribution in [3.8, 4) is 23.1 Å². The highest BCUT2D eigenvalue weighted by atomic mass is 16.5. The lowest BCUT2D eigenvalue weighted by molar-refractivity contribution is 0.250. The molecule has 2 aromatic carbocycles. The highest BCUT2D eigenvalue weighted by Crippen LogP contribution is 2.43. The summed E-state index contributed by atoms with van der Waals surface area (Å²) in [6.07, 6.45) is 4.76. The van der Waals surface area contributed by atoms with Crippen LogP contribution in [-0.2, 0) is 6.61 Å². The van der Waals surface area contributed by atoms with E-state index >= 15 is 0 Å². The number of hydrogen-bond acceptors (Lipinski definition) is 5. The normalized spacial score (nSPS) is 13.4. The first kappa shape index (κ1) is 22.5. The molecule has 9 nitrogen and oxygen atoms in total. The van der Waals surface area contributed by atoms with Gasteiger partial charge in [0, 0.05) is 29.2 Å². The SMILES string of the molecule is CC(C)NC(=O)Nc1ccc(-c2c(C#N)c3ccc(OCc4ncn[nH]4)cc3n2C2CCC2)cc1. The Kier molecular flexibility index (Phi) is 6.10. The Morgan fingerprint density at radius 3 is 2.69 bits per heavy atom. The second kappa shape index (κ2) is 9.50. The number of nitrogens with zero attached hydrogens (tertiary/aromatic N) is 4. The van der Waals surface area contributed by atoms with Gasteiger partial charge in [0.05, 0.1) is 16.8 Å². The van der Waals surface area contributed by atoms with E-state index < -0.39 is 0 Å². The minimum absolute atomic E-state index is 0.0512. The smallest absolute Gasteiger partial charge is 0.319 e. The molecular formula is C26H27N7O2. The van der Waals surface area contributed by atoms with Gasteiger partial charge in [-0.3, -0.25) is 5.10 Å². The number of fused-ring (bicyclic) bond motifs is 1. The first-order valence-electron chi connectivity index (χ1n) is 11.8. The second-order valence-electron chi connectivity index (χ2n) is 9.02. The lowest BCUT2D eigenvalue weighted by atomic mass is 9.92. The summed E-state index contributed by atoms with van der Waals surface area (Å²) in [6, 6.07) is 16.1. The zero-order valence-corrected chi connectivity index (χ0v) is 19.7. The first-order chi connectivity index (χ1) is 17.0. The summed E-state index contributed by atoms with van der Waals surface area (Å²) < 4.78 is 8.22. The molecule has 1 saturated carbocycles. The molecule has 2 amide bonds. The van der Waals surface area contributed by atoms with Crippen LogP contribution in [0.2, 0.25) is 0 Å². The fraction of sp³-hybridized carbons (Fsp3) is 0.308. The van der Waals surface area contributed by atoms with Crippen LogP contribution in [-0.4, -0.2) is 31.8 Å². The van der Waals surface area contributed by atoms with Crippen molar-refractivity contribution < 1.29 is 9.53 Å². The van der Waals surface area contributed by atoms with Gasteiger partial charge >= 0.3 is 6.03 Å². The van der Waals surface area contributed by atoms with E-state index in [1.807, 2.05) is 56.3 Å². The molecule has 4 aromatic rings. The lowest BCUT2D eigenvalue weighted by Crippen LogP contribution is -2.34. The standard InChI is InChI=1S/C26H27N7O2/c1-16(2)30-26(34)31-18-8-6-17(7-9-18)25-22(13-27)21-11-10-20(35-14-24-28-15-29-32-24)12-23(21)33(25)19-4-3-5-19/h6-12,15-16,19H,3-5,14H2,1-2H3,(H,28,29,32)(H2,30,31,34). The number of rotatable bonds is 7. The van der Waals surface area contributed by atoms with E-state index in [2.05, 4.69) is 36.5 Å². The topological polar surface area (TPSA) is 121 Å². The third-order valence-corrected chi connectivity index (χ3v) is 6.20. The Morgan fingerprint density at radius 2 is 2.06 bits per heavy atom. The molecule has 0 atom stereocenters. The molecule has 2 aromatic heterocycles. The van der Waals surface area contributed by atoms with Gasteiger partial charge in [-0.15, -0.1) is 0 Å². The van der Waals surface area contributed by atoms with Gasteiger partial charge in [0.1, 0.15) is 24.8 Å². The van der Waals surface area contributed by atoms with Crippen LogP contribution >= 0.6 is 0 Å². The fourth-order valence-corrected chi connectivity index (χ4v) is 4.39. The van der Waals surface area contributed by atoms with Crippen molar-refractivity contribution >= 4 is 22.6 Å². The van der Waals surface area contributed by atoms with Crippen LogP contribution in [0.5, 0.6) is 5.75 Å². The van der Waals surface area contributed by atoms with Crippen molar-refractivity contribution in [2.75, 3.05) is 5.32 Å². The van der Waals surface area contributed by atoms with Gasteiger partial charge in [-0.2, -0.15) is 10.4 Å². The average Bonchev–Trinajstić information content (AvgIpc) is 3.43. The molecule has 9 heteroatoms. The Morgan fingerprint density at radius 1 is 1.26 bits per heavy atom. The van der Waals surface area contributed by atoms with Crippen LogP contribution in [0.3, 0.4) is 0 Å². The molecule has 0 spiro atoms. The van der Waals surface area contributed by atoms with Crippen molar-refractivity contribution in [2.45, 2.75) is 51.8 Å². The van der Waals surface area contributed by atoms with Crippen molar-refractivity contribution in [1.29, 1.82) is 5.26 Å². The fourth-order valence-electron chi connectivity index (χ4n) is 4.39. The molecule has 35 heavy (non-hydrogen) atoms. The third-order valence-electron chi connectivity index (χ3n) is 6.20. The minimum Gasteiger partial charge on any atom is -0.486 e. The van der Waals surface area contributed by atoms with Crippen LogP contribution in [0.15, 0.2) is 48.8 Å². The predicted molar refractivity (Wildman–Crippen MR) is 133 cm³/mol. The Balaban J connectivity index is 1.51. The van der Waals surface area contributed by atoms with Gasteiger partial charge in [-0.05, 0) is 62.9 Å². The van der Waals surface area contributed by atoms with E-state index in [1.54, 1.807) is 0 Å². The Bertz CT molecular complexity index is 1380. The summed E-state index contributed by atoms with van der Waals surface area (Å²) in [7, 11) is 0. The van der Waals surface area contributed by atoms with Crippen molar-refractivity contribution in [2.24, 2.45) is 0 Å². The number of aromatic nitrogens is 4. The number of benzene rings is 2. The van der Waals surface area contributed by atoms with Gasteiger partial charge in [0.2, 0.25) is 0 Å². The van der Waals surface area contributed by atoms with E-state index in [9.17, 15) is 10.1 Å². The quantitative estimate of drug-likeness (QED) is 0.346. The van der Waals surface area contributed by atoms with E-state index in [1.165, 1.54) is 12.7 Å². The van der Waals surface area contributed by atoms with Gasteiger partial charge in [-0.1, -0.05) is 12.1 Å². The maximum Gasteiger partial charge on any atom is 0.319 e. The average molecular weight is 470 g/mol. The molecule has 5 rings (SSSR count). The molecule has 1 aliphatic rings. The Labute approximate surface area is 203 Å². The van der Waals surface area contributed by atoms with E-state index in [0.717, 1.165) is 35.0 Å². The summed E-state index contributed by atoms with van der Waals surface area (Å²) in [5.74, 6) is 1.35. The zero-order valence-electron chi connectivity index (χ0n) is 19.7. The summed E-state index contributed by atoms with van der Waals surface area (Å²) in [4.78, 5) is 16.2. The number of anilines is 1. The Hall–Kier alpha value is -4.32. The monoisotopic (exact) mass is 469 g/mol. The van der Waals surface area contributed by atoms with Gasteiger partial charge in [0.15, 0.2) is 5.82 Å². The number of hydrogen-bond donors (Lipinski definition) is 3. The number of ether oxygens (including phenoxy) is 1. The van der Waals surface area contributed by atoms with Crippen molar-refractivity contribution in [3.05, 3.63) is 60.2 Å². The van der Waals surface area contributed by atoms with Crippen LogP contribution in [0.4, 0.5) is 10.5 Å². The summed E-state index contributed by atoms with van der Waals surface area (Å²) >= 11 is 0. The molecule has 1 aliphatic carbocycles. The number of aromatic amines is 1. The molecule has 0 saturated heterocycles. The van der Waals surface area contributed by atoms with Gasteiger partial charge in [-0.25, -0.2) is 9.78 Å². The molecule has 0 aliphatic heterocycles. The van der Waals surface area contributed by atoms with E-state index in [4.69, 9.17) is 4.74 Å². The summed E-state index contributed by atoms with van der Waals surface area (Å²) in [5.41, 5.74) is 4.16. The van der Waals surface area contributed by atoms with Crippen molar-refractivity contribution in [1.82, 2.24) is 25.1 Å². The minimum atomic E-state index is -0.244. The molecule has 3 N–H and O–H groups in total. The first-order valence-corrected chi connectivity index (χ1v) is 11.8. The number of nitrogens with one attached hydrogen (secondary N) is 3. The van der Waals surface area contributed by atoms with E-state index in [-0.39, 0.29) is 18.7 Å². The zero-order chi connectivity index (χ0) is 24.4. The number of amides is 2. The largest absolute Gasteiger partial charge is 0.486 e. The van der Waals surface area contributed by atoms with Crippen LogP contribution in [0.25, 0.3) is 22.2 Å². The molecule has 178 valence electrons. The highest BCUT2D eigenvalue weighted by molar-refractivity contribution is 5.96. The predicted octanol–water partition coefficient (Wildman–Crippen LogP) is 5.13. The van der Waals surface area contributed by atoms with Crippen LogP contribution in [0, 0.1) is 11.3 Å². The lowest BCUT2D eigenvalue weighted by Gasteiger charge is -2.30. The molecule has 2 heterocycles. The molecule has 1 fully saturated rings. The molecule has 0 unspecified atom stereocenters. The van der Waals surface area contributed by atoms with Gasteiger partial charge < -0.3 is 19.9 Å². The molecule has 0 bridgehead atoms. The van der Waals surface area contributed by atoms with Crippen molar-refractivity contribution in [3.63, 3.8) is 0 Å². The number of nitriles is 1. The summed E-state index contributed by atoms with van der Waals surface area (Å²) in [6.45, 7) is 4.11. The second-order valence-corrected chi connectivity index (χ2v) is 9.02. The third kappa shape index (κ3) is 4.55. The number of carbonyl (C=O) groups excluding carboxylic acids is 1. The maximum absolute atomic E-state index is 12.1. The van der Waals surface area contributed by atoms with Gasteiger partial charge in [0.25, 0.3) is 0 Å². The van der Waals surface area contributed by atoms with Crippen LogP contribution < -0.4 is 15.4 Å². The number of H-pyrrole nitrogens is 1. The van der Waals surface area contributed by atoms with E-state index in [0.29, 0.717) is 28.9 Å². The molecular weight excluding hydrogens is 442 g/mol. The number of carbonyl (C=O) groups is 1. The number of urea groups is 1. The van der Waals surface area contributed by atoms with Crippen LogP contribution in [0.1, 0.15) is 50.5 Å². The maximum atomic E-state index is 12.1. The highest BCUT2D eigenvalue weighted by Gasteiger charge is 2.28. The summed E-state index contributed by atoms with van der Waals surface area (Å²) in [5, 5.41) is 23.4. The molecule has 0 radical (unpaired) electrons.